The Labute approximate surface area is 159 Å². The molecule has 144 valence electrons. The Morgan fingerprint density at radius 1 is 1.30 bits per heavy atom. The van der Waals surface area contributed by atoms with Crippen LogP contribution in [-0.4, -0.2) is 41.5 Å². The Bertz CT molecular complexity index is 764. The molecule has 1 aromatic heterocycles. The standard InChI is InChI=1S/C21H26FN3O2/c1-15(2)25-9-3-4-16(14-25)11-24-21(26)17-10-20(13-23-12-17)27-19-7-5-18(22)6-8-19/h5-8,10,12-13,15-16H,3-4,9,11,14H2,1-2H3,(H,24,26). The van der Waals surface area contributed by atoms with E-state index in [2.05, 4.69) is 29.0 Å². The summed E-state index contributed by atoms with van der Waals surface area (Å²) in [6.45, 7) is 7.22. The number of hydrogen-bond donors (Lipinski definition) is 1. The highest BCUT2D eigenvalue weighted by molar-refractivity contribution is 5.94. The van der Waals surface area contributed by atoms with Crippen molar-refractivity contribution in [3.8, 4) is 11.5 Å². The maximum atomic E-state index is 13.0. The van der Waals surface area contributed by atoms with Gasteiger partial charge >= 0.3 is 0 Å². The molecule has 0 saturated carbocycles. The summed E-state index contributed by atoms with van der Waals surface area (Å²) in [4.78, 5) is 19.0. The van der Waals surface area contributed by atoms with E-state index in [1.54, 1.807) is 6.07 Å². The van der Waals surface area contributed by atoms with E-state index in [1.165, 1.54) is 43.1 Å². The molecule has 1 fully saturated rings. The molecule has 1 saturated heterocycles. The van der Waals surface area contributed by atoms with Gasteiger partial charge in [-0.2, -0.15) is 0 Å². The summed E-state index contributed by atoms with van der Waals surface area (Å²) >= 11 is 0. The van der Waals surface area contributed by atoms with Gasteiger partial charge in [0.2, 0.25) is 0 Å². The number of ether oxygens (including phenoxy) is 1. The summed E-state index contributed by atoms with van der Waals surface area (Å²) in [5.74, 6) is 0.919. The molecule has 2 aromatic rings. The molecule has 3 rings (SSSR count). The van der Waals surface area contributed by atoms with Crippen molar-refractivity contribution in [2.75, 3.05) is 19.6 Å². The number of halogens is 1. The van der Waals surface area contributed by atoms with Gasteiger partial charge < -0.3 is 15.0 Å². The van der Waals surface area contributed by atoms with Crippen molar-refractivity contribution in [3.05, 3.63) is 54.1 Å². The lowest BCUT2D eigenvalue weighted by atomic mass is 9.97. The van der Waals surface area contributed by atoms with Crippen LogP contribution in [0.5, 0.6) is 11.5 Å². The smallest absolute Gasteiger partial charge is 0.252 e. The number of nitrogens with one attached hydrogen (secondary N) is 1. The molecule has 2 heterocycles. The molecule has 0 spiro atoms. The monoisotopic (exact) mass is 371 g/mol. The Balaban J connectivity index is 1.56. The number of amides is 1. The summed E-state index contributed by atoms with van der Waals surface area (Å²) in [6, 6.07) is 7.89. The zero-order chi connectivity index (χ0) is 19.2. The SMILES string of the molecule is CC(C)N1CCCC(CNC(=O)c2cncc(Oc3ccc(F)cc3)c2)C1. The average molecular weight is 371 g/mol. The average Bonchev–Trinajstić information content (AvgIpc) is 2.68. The van der Waals surface area contributed by atoms with E-state index >= 15 is 0 Å². The van der Waals surface area contributed by atoms with E-state index in [0.29, 0.717) is 35.6 Å². The summed E-state index contributed by atoms with van der Waals surface area (Å²) in [5.41, 5.74) is 0.450. The number of piperidine rings is 1. The zero-order valence-corrected chi connectivity index (χ0v) is 15.8. The summed E-state index contributed by atoms with van der Waals surface area (Å²) in [6.07, 6.45) is 5.35. The molecule has 0 aliphatic carbocycles. The number of aromatic nitrogens is 1. The molecule has 1 amide bonds. The van der Waals surface area contributed by atoms with Gasteiger partial charge in [-0.05, 0) is 69.5 Å². The van der Waals surface area contributed by atoms with E-state index in [-0.39, 0.29) is 11.7 Å². The van der Waals surface area contributed by atoms with Crippen LogP contribution in [0, 0.1) is 11.7 Å². The highest BCUT2D eigenvalue weighted by atomic mass is 19.1. The van der Waals surface area contributed by atoms with Crippen molar-refractivity contribution >= 4 is 5.91 Å². The number of carbonyl (C=O) groups is 1. The second-order valence-corrected chi connectivity index (χ2v) is 7.27. The fourth-order valence-electron chi connectivity index (χ4n) is 3.31. The molecule has 5 nitrogen and oxygen atoms in total. The fourth-order valence-corrected chi connectivity index (χ4v) is 3.31. The van der Waals surface area contributed by atoms with Crippen molar-refractivity contribution in [2.45, 2.75) is 32.7 Å². The van der Waals surface area contributed by atoms with Gasteiger partial charge in [0.25, 0.3) is 5.91 Å². The van der Waals surface area contributed by atoms with Crippen LogP contribution in [0.25, 0.3) is 0 Å². The Morgan fingerprint density at radius 2 is 2.07 bits per heavy atom. The third-order valence-corrected chi connectivity index (χ3v) is 4.86. The molecule has 27 heavy (non-hydrogen) atoms. The Morgan fingerprint density at radius 3 is 2.81 bits per heavy atom. The van der Waals surface area contributed by atoms with Crippen LogP contribution in [0.4, 0.5) is 4.39 Å². The lowest BCUT2D eigenvalue weighted by molar-refractivity contribution is 0.0922. The highest BCUT2D eigenvalue weighted by Gasteiger charge is 2.22. The Hall–Kier alpha value is -2.47. The normalized spacial score (nSPS) is 17.7. The second kappa shape index (κ2) is 8.95. The van der Waals surface area contributed by atoms with E-state index in [1.807, 2.05) is 0 Å². The number of rotatable bonds is 6. The van der Waals surface area contributed by atoms with Crippen molar-refractivity contribution in [3.63, 3.8) is 0 Å². The topological polar surface area (TPSA) is 54.5 Å². The van der Waals surface area contributed by atoms with Gasteiger partial charge in [-0.15, -0.1) is 0 Å². The maximum Gasteiger partial charge on any atom is 0.252 e. The predicted molar refractivity (Wildman–Crippen MR) is 102 cm³/mol. The van der Waals surface area contributed by atoms with Crippen LogP contribution in [0.15, 0.2) is 42.7 Å². The predicted octanol–water partition coefficient (Wildman–Crippen LogP) is 3.86. The van der Waals surface area contributed by atoms with Gasteiger partial charge in [-0.1, -0.05) is 0 Å². The lowest BCUT2D eigenvalue weighted by Gasteiger charge is -2.35. The van der Waals surface area contributed by atoms with Crippen molar-refractivity contribution in [1.82, 2.24) is 15.2 Å². The zero-order valence-electron chi connectivity index (χ0n) is 15.8. The van der Waals surface area contributed by atoms with Crippen molar-refractivity contribution in [2.24, 2.45) is 5.92 Å². The van der Waals surface area contributed by atoms with E-state index < -0.39 is 0 Å². The first-order valence-electron chi connectivity index (χ1n) is 9.42. The first-order valence-corrected chi connectivity index (χ1v) is 9.42. The van der Waals surface area contributed by atoms with Crippen LogP contribution in [0.2, 0.25) is 0 Å². The van der Waals surface area contributed by atoms with Gasteiger partial charge in [0.05, 0.1) is 11.8 Å². The molecular formula is C21H26FN3O2. The molecule has 1 aliphatic rings. The van der Waals surface area contributed by atoms with Crippen LogP contribution in [0.3, 0.4) is 0 Å². The minimum atomic E-state index is -0.327. The molecule has 0 radical (unpaired) electrons. The number of pyridine rings is 1. The minimum absolute atomic E-state index is 0.159. The molecule has 6 heteroatoms. The van der Waals surface area contributed by atoms with E-state index in [0.717, 1.165) is 19.5 Å². The number of hydrogen-bond acceptors (Lipinski definition) is 4. The maximum absolute atomic E-state index is 13.0. The highest BCUT2D eigenvalue weighted by Crippen LogP contribution is 2.22. The molecule has 0 bridgehead atoms. The Kier molecular flexibility index (Phi) is 6.40. The first-order chi connectivity index (χ1) is 13.0. The molecule has 1 aliphatic heterocycles. The van der Waals surface area contributed by atoms with Crippen LogP contribution >= 0.6 is 0 Å². The van der Waals surface area contributed by atoms with Gasteiger partial charge in [-0.3, -0.25) is 9.78 Å². The summed E-state index contributed by atoms with van der Waals surface area (Å²) in [7, 11) is 0. The van der Waals surface area contributed by atoms with Gasteiger partial charge in [-0.25, -0.2) is 4.39 Å². The fraction of sp³-hybridized carbons (Fsp3) is 0.429. The van der Waals surface area contributed by atoms with Gasteiger partial charge in [0.15, 0.2) is 0 Å². The first kappa shape index (κ1) is 19.3. The molecule has 1 unspecified atom stereocenters. The largest absolute Gasteiger partial charge is 0.456 e. The van der Waals surface area contributed by atoms with Crippen LogP contribution < -0.4 is 10.1 Å². The number of likely N-dealkylation sites (tertiary alicyclic amines) is 1. The summed E-state index contributed by atoms with van der Waals surface area (Å²) in [5, 5.41) is 3.02. The number of carbonyl (C=O) groups excluding carboxylic acids is 1. The minimum Gasteiger partial charge on any atom is -0.456 e. The third-order valence-electron chi connectivity index (χ3n) is 4.86. The quantitative estimate of drug-likeness (QED) is 0.838. The number of benzene rings is 1. The van der Waals surface area contributed by atoms with Crippen molar-refractivity contribution in [1.29, 1.82) is 0 Å². The molecule has 1 N–H and O–H groups in total. The van der Waals surface area contributed by atoms with E-state index in [4.69, 9.17) is 4.74 Å². The van der Waals surface area contributed by atoms with Gasteiger partial charge in [0, 0.05) is 25.3 Å². The summed E-state index contributed by atoms with van der Waals surface area (Å²) < 4.78 is 18.6. The molecule has 1 aromatic carbocycles. The number of nitrogens with zero attached hydrogens (tertiary/aromatic N) is 2. The van der Waals surface area contributed by atoms with E-state index in [9.17, 15) is 9.18 Å². The molecular weight excluding hydrogens is 345 g/mol. The van der Waals surface area contributed by atoms with Crippen molar-refractivity contribution < 1.29 is 13.9 Å². The lowest BCUT2D eigenvalue weighted by Crippen LogP contribution is -2.43. The third kappa shape index (κ3) is 5.50. The van der Waals surface area contributed by atoms with Crippen LogP contribution in [-0.2, 0) is 0 Å². The molecule has 1 atom stereocenters. The second-order valence-electron chi connectivity index (χ2n) is 7.27. The van der Waals surface area contributed by atoms with Gasteiger partial charge in [0.1, 0.15) is 17.3 Å². The van der Waals surface area contributed by atoms with Crippen LogP contribution in [0.1, 0.15) is 37.0 Å².